The Kier molecular flexibility index (Phi) is 5.12. The number of rotatable bonds is 5. The van der Waals surface area contributed by atoms with Crippen molar-refractivity contribution in [1.82, 2.24) is 9.78 Å². The normalized spacial score (nSPS) is 13.8. The average molecular weight is 386 g/mol. The molecule has 0 aliphatic heterocycles. The fraction of sp³-hybridized carbons (Fsp3) is 0.375. The van der Waals surface area contributed by atoms with Crippen molar-refractivity contribution < 1.29 is 27.1 Å². The average Bonchev–Trinajstić information content (AvgIpc) is 2.92. The maximum Gasteiger partial charge on any atom is 0.442 e. The van der Waals surface area contributed by atoms with Crippen LogP contribution >= 0.6 is 0 Å². The Hall–Kier alpha value is -3.16. The molecular weight excluding hydrogens is 372 g/mol. The van der Waals surface area contributed by atoms with E-state index in [1.54, 1.807) is 6.92 Å². The molecule has 27 heavy (non-hydrogen) atoms. The molecule has 0 spiro atoms. The van der Waals surface area contributed by atoms with Gasteiger partial charge in [0.2, 0.25) is 5.82 Å². The van der Waals surface area contributed by atoms with Crippen LogP contribution in [0.3, 0.4) is 0 Å². The maximum atomic E-state index is 13.3. The molecule has 0 radical (unpaired) electrons. The first-order valence-corrected chi connectivity index (χ1v) is 7.65. The van der Waals surface area contributed by atoms with Gasteiger partial charge < -0.3 is 5.21 Å². The van der Waals surface area contributed by atoms with Gasteiger partial charge in [-0.05, 0) is 19.4 Å². The molecule has 2 rings (SSSR count). The highest BCUT2D eigenvalue weighted by molar-refractivity contribution is 5.88. The smallest absolute Gasteiger partial charge is 0.442 e. The van der Waals surface area contributed by atoms with Crippen molar-refractivity contribution in [3.63, 3.8) is 0 Å². The number of pyridine rings is 1. The van der Waals surface area contributed by atoms with E-state index in [4.69, 9.17) is 6.57 Å². The molecule has 7 nitrogen and oxygen atoms in total. The van der Waals surface area contributed by atoms with Gasteiger partial charge in [-0.1, -0.05) is 6.92 Å². The number of nitrogens with one attached hydrogen (secondary N) is 1. The van der Waals surface area contributed by atoms with E-state index in [0.717, 1.165) is 17.1 Å². The Labute approximate surface area is 150 Å². The highest BCUT2D eigenvalue weighted by atomic mass is 19.4. The predicted octanol–water partition coefficient (Wildman–Crippen LogP) is 2.46. The summed E-state index contributed by atoms with van der Waals surface area (Å²) in [6.07, 6.45) is -3.93. The predicted molar refractivity (Wildman–Crippen MR) is 84.3 cm³/mol. The minimum Gasteiger partial charge on any atom is -0.629 e. The van der Waals surface area contributed by atoms with Crippen LogP contribution in [0.1, 0.15) is 31.4 Å². The maximum absolute atomic E-state index is 13.3. The summed E-state index contributed by atoms with van der Waals surface area (Å²) in [5.74, 6) is -2.91. The zero-order valence-corrected chi connectivity index (χ0v) is 14.2. The quantitative estimate of drug-likeness (QED) is 0.371. The second kappa shape index (κ2) is 6.86. The molecule has 2 aromatic heterocycles. The minimum absolute atomic E-state index is 0.0968. The van der Waals surface area contributed by atoms with E-state index < -0.39 is 46.7 Å². The van der Waals surface area contributed by atoms with Crippen LogP contribution in [-0.2, 0) is 22.9 Å². The number of hydrogen-bond donors (Lipinski definition) is 1. The van der Waals surface area contributed by atoms with Gasteiger partial charge in [0.1, 0.15) is 17.7 Å². The number of alkyl halides is 3. The molecule has 0 fully saturated rings. The number of hydrogen-bond acceptors (Lipinski definition) is 3. The molecule has 2 aromatic rings. The SMILES string of the molecule is [C-]#[N+]c1c(C(F)(F)F)cc(CC(=O)C(C)(CC)n2cc(F)c(=O)[nH]2)c[n+]1[O-]. The van der Waals surface area contributed by atoms with E-state index in [1.807, 2.05) is 0 Å². The first kappa shape index (κ1) is 20.2. The van der Waals surface area contributed by atoms with Crippen molar-refractivity contribution in [3.8, 4) is 0 Å². The minimum atomic E-state index is -4.95. The lowest BCUT2D eigenvalue weighted by Crippen LogP contribution is -2.41. The third-order valence-corrected chi connectivity index (χ3v) is 4.34. The molecule has 144 valence electrons. The van der Waals surface area contributed by atoms with Crippen molar-refractivity contribution in [2.24, 2.45) is 0 Å². The summed E-state index contributed by atoms with van der Waals surface area (Å²) < 4.78 is 53.3. The van der Waals surface area contributed by atoms with Crippen molar-refractivity contribution in [3.05, 3.63) is 62.4 Å². The van der Waals surface area contributed by atoms with Crippen LogP contribution in [0.4, 0.5) is 23.4 Å². The summed E-state index contributed by atoms with van der Waals surface area (Å²) in [5.41, 5.74) is -4.20. The number of carbonyl (C=O) groups is 1. The molecule has 0 aromatic carbocycles. The van der Waals surface area contributed by atoms with E-state index in [-0.39, 0.29) is 16.7 Å². The summed E-state index contributed by atoms with van der Waals surface area (Å²) in [5, 5.41) is 13.9. The number of aromatic nitrogens is 3. The van der Waals surface area contributed by atoms with E-state index in [2.05, 4.69) is 9.94 Å². The Morgan fingerprint density at radius 3 is 2.52 bits per heavy atom. The number of carbonyl (C=O) groups excluding carboxylic acids is 1. The Bertz CT molecular complexity index is 987. The number of Topliss-reactive ketones (excluding diaryl/α,β-unsaturated/α-hetero) is 1. The van der Waals surface area contributed by atoms with Gasteiger partial charge in [0.15, 0.2) is 12.0 Å². The lowest BCUT2D eigenvalue weighted by Gasteiger charge is -2.28. The van der Waals surface area contributed by atoms with Crippen LogP contribution in [0.2, 0.25) is 0 Å². The van der Waals surface area contributed by atoms with Crippen LogP contribution in [0.5, 0.6) is 0 Å². The van der Waals surface area contributed by atoms with Crippen LogP contribution in [-0.4, -0.2) is 15.6 Å². The molecule has 0 aliphatic carbocycles. The van der Waals surface area contributed by atoms with E-state index >= 15 is 0 Å². The molecule has 1 unspecified atom stereocenters. The number of ketones is 1. The Morgan fingerprint density at radius 2 is 2.07 bits per heavy atom. The van der Waals surface area contributed by atoms with Gasteiger partial charge in [0, 0.05) is 12.0 Å². The van der Waals surface area contributed by atoms with Crippen molar-refractivity contribution in [1.29, 1.82) is 0 Å². The Balaban J connectivity index is 2.46. The second-order valence-corrected chi connectivity index (χ2v) is 6.04. The van der Waals surface area contributed by atoms with Crippen molar-refractivity contribution in [2.75, 3.05) is 0 Å². The number of halogens is 4. The highest BCUT2D eigenvalue weighted by Crippen LogP contribution is 2.35. The Morgan fingerprint density at radius 1 is 1.44 bits per heavy atom. The summed E-state index contributed by atoms with van der Waals surface area (Å²) in [6, 6.07) is 0.564. The van der Waals surface area contributed by atoms with Gasteiger partial charge in [0.05, 0.1) is 6.20 Å². The monoisotopic (exact) mass is 386 g/mol. The number of H-pyrrole nitrogens is 1. The molecule has 0 bridgehead atoms. The van der Waals surface area contributed by atoms with Gasteiger partial charge >= 0.3 is 12.0 Å². The largest absolute Gasteiger partial charge is 0.629 e. The standard InChI is InChI=1S/C16H14F4N4O3/c1-4-15(2,24-8-11(17)14(26)22-24)12(25)6-9-5-10(16(18,19)20)13(21-3)23(27)7-9/h5,7-8H,4,6H2,1-2H3,(H,22,26). The molecule has 1 N–H and O–H groups in total. The van der Waals surface area contributed by atoms with Crippen molar-refractivity contribution >= 4 is 11.6 Å². The first-order chi connectivity index (χ1) is 12.4. The number of aromatic amines is 1. The van der Waals surface area contributed by atoms with Gasteiger partial charge in [-0.15, -0.1) is 0 Å². The van der Waals surface area contributed by atoms with Crippen LogP contribution in [0.25, 0.3) is 4.85 Å². The summed E-state index contributed by atoms with van der Waals surface area (Å²) in [6.45, 7) is 9.70. The van der Waals surface area contributed by atoms with Crippen LogP contribution in [0, 0.1) is 17.6 Å². The zero-order valence-electron chi connectivity index (χ0n) is 14.2. The fourth-order valence-corrected chi connectivity index (χ4v) is 2.54. The van der Waals surface area contributed by atoms with Gasteiger partial charge in [-0.3, -0.25) is 19.4 Å². The molecule has 0 saturated heterocycles. The lowest BCUT2D eigenvalue weighted by molar-refractivity contribution is -0.590. The third-order valence-electron chi connectivity index (χ3n) is 4.34. The molecule has 11 heteroatoms. The molecular formula is C16H14F4N4O3. The first-order valence-electron chi connectivity index (χ1n) is 7.65. The van der Waals surface area contributed by atoms with E-state index in [0.29, 0.717) is 6.07 Å². The topological polar surface area (TPSA) is 86.2 Å². The van der Waals surface area contributed by atoms with E-state index in [9.17, 15) is 32.4 Å². The van der Waals surface area contributed by atoms with Crippen LogP contribution in [0.15, 0.2) is 23.3 Å². The molecule has 1 atom stereocenters. The van der Waals surface area contributed by atoms with Crippen molar-refractivity contribution in [2.45, 2.75) is 38.4 Å². The summed E-state index contributed by atoms with van der Waals surface area (Å²) in [7, 11) is 0. The van der Waals surface area contributed by atoms with E-state index in [1.165, 1.54) is 6.92 Å². The van der Waals surface area contributed by atoms with Gasteiger partial charge in [-0.25, -0.2) is 0 Å². The third kappa shape index (κ3) is 3.69. The lowest BCUT2D eigenvalue weighted by atomic mass is 9.89. The number of nitrogens with zero attached hydrogens (tertiary/aromatic N) is 3. The summed E-state index contributed by atoms with van der Waals surface area (Å²) >= 11 is 0. The van der Waals surface area contributed by atoms with Gasteiger partial charge in [0.25, 0.3) is 5.56 Å². The molecule has 2 heterocycles. The zero-order chi connectivity index (χ0) is 20.6. The molecule has 0 amide bonds. The fourth-order valence-electron chi connectivity index (χ4n) is 2.54. The summed E-state index contributed by atoms with van der Waals surface area (Å²) in [4.78, 5) is 26.6. The van der Waals surface area contributed by atoms with Crippen LogP contribution < -0.4 is 10.3 Å². The second-order valence-electron chi connectivity index (χ2n) is 6.04. The molecule has 0 aliphatic rings. The highest BCUT2D eigenvalue weighted by Gasteiger charge is 2.40. The molecule has 0 saturated carbocycles. The van der Waals surface area contributed by atoms with Gasteiger partial charge in [-0.2, -0.15) is 27.1 Å².